The molecule has 2 heterocycles. The van der Waals surface area contributed by atoms with Gasteiger partial charge in [0.15, 0.2) is 0 Å². The van der Waals surface area contributed by atoms with E-state index in [0.717, 1.165) is 35.1 Å². The summed E-state index contributed by atoms with van der Waals surface area (Å²) in [4.78, 5) is 0. The number of halogens is 2. The summed E-state index contributed by atoms with van der Waals surface area (Å²) in [7, 11) is 14.7. The summed E-state index contributed by atoms with van der Waals surface area (Å²) in [5, 5.41) is 0. The van der Waals surface area contributed by atoms with E-state index in [1.807, 2.05) is 13.8 Å². The van der Waals surface area contributed by atoms with Crippen LogP contribution in [0.3, 0.4) is 0 Å². The Morgan fingerprint density at radius 1 is 0.558 bits per heavy atom. The van der Waals surface area contributed by atoms with E-state index >= 15 is 0 Å². The normalized spacial score (nSPS) is 16.8. The average Bonchev–Trinajstić information content (AvgIpc) is 3.92. The van der Waals surface area contributed by atoms with Gasteiger partial charge in [0.2, 0.25) is 0 Å². The molecule has 261 valence electrons. The van der Waals surface area contributed by atoms with Crippen molar-refractivity contribution in [2.24, 2.45) is 0 Å². The Labute approximate surface area is 323 Å². The van der Waals surface area contributed by atoms with Crippen molar-refractivity contribution in [1.82, 2.24) is 0 Å². The minimum absolute atomic E-state index is 0.172. The molecule has 8 rings (SSSR count). The van der Waals surface area contributed by atoms with Crippen LogP contribution in [-0.4, -0.2) is 5.92 Å². The molecular formula is C46H43Cl2O2SiZr. The van der Waals surface area contributed by atoms with Crippen LogP contribution in [0.2, 0.25) is 12.1 Å². The summed E-state index contributed by atoms with van der Waals surface area (Å²) in [6.45, 7) is 13.1. The molecule has 0 fully saturated rings. The number of benzene rings is 4. The third-order valence-corrected chi connectivity index (χ3v) is 33.1. The van der Waals surface area contributed by atoms with Crippen molar-refractivity contribution < 1.29 is 27.4 Å². The molecule has 0 N–H and O–H groups in total. The van der Waals surface area contributed by atoms with E-state index in [0.29, 0.717) is 0 Å². The van der Waals surface area contributed by atoms with Gasteiger partial charge in [0.05, 0.1) is 0 Å². The van der Waals surface area contributed by atoms with E-state index in [9.17, 15) is 0 Å². The monoisotopic (exact) mass is 815 g/mol. The Morgan fingerprint density at radius 3 is 1.31 bits per heavy atom. The SMILES string of the molecule is Cc1ccc(C2=Cc3c(cc(C)c(C)c3-c3ccccc3)C2C[SiH](CC2C(c3ccc(C)o3)=Cc3c2cc(C)c(C)c3-c2ccccc2)[Zr]([Cl])[Cl])o1. The molecule has 0 saturated carbocycles. The Balaban J connectivity index is 1.25. The average molecular weight is 818 g/mol. The maximum absolute atomic E-state index is 7.36. The summed E-state index contributed by atoms with van der Waals surface area (Å²) in [6, 6.07) is 37.0. The van der Waals surface area contributed by atoms with Crippen LogP contribution in [0.1, 0.15) is 79.4 Å². The first kappa shape index (κ1) is 35.6. The molecule has 2 aliphatic rings. The third kappa shape index (κ3) is 6.45. The van der Waals surface area contributed by atoms with E-state index in [2.05, 4.69) is 137 Å². The molecule has 6 heteroatoms. The molecule has 2 aliphatic carbocycles. The molecule has 2 atom stereocenters. The predicted octanol–water partition coefficient (Wildman–Crippen LogP) is 13.7. The molecule has 0 saturated heterocycles. The minimum atomic E-state index is -2.76. The third-order valence-electron chi connectivity index (χ3n) is 11.5. The number of hydrogen-bond acceptors (Lipinski definition) is 2. The van der Waals surface area contributed by atoms with E-state index < -0.39 is 24.4 Å². The van der Waals surface area contributed by atoms with Crippen LogP contribution in [-0.2, 0) is 18.5 Å². The number of furan rings is 2. The summed E-state index contributed by atoms with van der Waals surface area (Å²) in [5.74, 6) is 2.38. The van der Waals surface area contributed by atoms with Gasteiger partial charge in [-0.05, 0) is 0 Å². The van der Waals surface area contributed by atoms with Gasteiger partial charge >= 0.3 is 326 Å². The van der Waals surface area contributed by atoms with Crippen molar-refractivity contribution in [3.05, 3.63) is 165 Å². The molecule has 2 aromatic heterocycles. The zero-order chi connectivity index (χ0) is 36.3. The number of allylic oxidation sites excluding steroid dienone is 2. The fourth-order valence-electron chi connectivity index (χ4n) is 8.63. The number of aryl methyl sites for hydroxylation is 4. The summed E-state index contributed by atoms with van der Waals surface area (Å²) in [5.41, 5.74) is 18.3. The van der Waals surface area contributed by atoms with Crippen molar-refractivity contribution >= 4 is 46.2 Å². The molecule has 6 aromatic rings. The predicted molar refractivity (Wildman–Crippen MR) is 219 cm³/mol. The second kappa shape index (κ2) is 14.4. The molecule has 52 heavy (non-hydrogen) atoms. The van der Waals surface area contributed by atoms with E-state index in [1.165, 1.54) is 77.9 Å². The van der Waals surface area contributed by atoms with Crippen molar-refractivity contribution in [3.63, 3.8) is 0 Å². The number of fused-ring (bicyclic) bond motifs is 2. The van der Waals surface area contributed by atoms with Gasteiger partial charge < -0.3 is 0 Å². The fraction of sp³-hybridized carbons (Fsp3) is 0.217. The molecule has 2 nitrogen and oxygen atoms in total. The molecule has 2 unspecified atom stereocenters. The zero-order valence-corrected chi connectivity index (χ0v) is 35.7. The van der Waals surface area contributed by atoms with Crippen LogP contribution < -0.4 is 0 Å². The zero-order valence-electron chi connectivity index (χ0n) is 30.6. The van der Waals surface area contributed by atoms with Crippen LogP contribution in [0.5, 0.6) is 0 Å². The van der Waals surface area contributed by atoms with Crippen molar-refractivity contribution in [1.29, 1.82) is 0 Å². The Morgan fingerprint density at radius 2 is 0.962 bits per heavy atom. The van der Waals surface area contributed by atoms with Crippen molar-refractivity contribution in [3.8, 4) is 22.3 Å². The molecule has 4 aromatic carbocycles. The van der Waals surface area contributed by atoms with E-state index in [-0.39, 0.29) is 11.8 Å². The van der Waals surface area contributed by atoms with Crippen molar-refractivity contribution in [2.75, 3.05) is 0 Å². The first-order chi connectivity index (χ1) is 25.1. The van der Waals surface area contributed by atoms with Crippen LogP contribution in [0.4, 0.5) is 0 Å². The summed E-state index contributed by atoms with van der Waals surface area (Å²) < 4.78 is 12.8. The number of hydrogen-bond donors (Lipinski definition) is 0. The Kier molecular flexibility index (Phi) is 9.89. The van der Waals surface area contributed by atoms with Gasteiger partial charge in [-0.25, -0.2) is 0 Å². The first-order valence-electron chi connectivity index (χ1n) is 18.2. The molecule has 0 spiro atoms. The van der Waals surface area contributed by atoms with Gasteiger partial charge in [0.1, 0.15) is 0 Å². The standard InChI is InChI=1S/C46H43O2Si.2ClH.Zr/c1-27-21-35-39(45(31(27)5)33-13-9-7-10-14-33)23-37(43-19-17-29(3)47-43)41(35)25-49-26-42-36-22-28(2)32(6)46(34-15-11-8-12-16-34)40(36)24-38(42)44-20-18-30(4)48-44;;;/h7-24,41-42,49H,25-26H2,1-6H3;2*1H;/q;;;+2/p-2. The summed E-state index contributed by atoms with van der Waals surface area (Å²) >= 11 is -2.76. The van der Waals surface area contributed by atoms with E-state index in [1.54, 1.807) is 0 Å². The molecule has 0 radical (unpaired) electrons. The Hall–Kier alpha value is -3.40. The first-order valence-corrected chi connectivity index (χ1v) is 31.0. The van der Waals surface area contributed by atoms with Gasteiger partial charge in [0.25, 0.3) is 0 Å². The number of rotatable bonds is 9. The molecule has 0 amide bonds. The van der Waals surface area contributed by atoms with Gasteiger partial charge in [-0.15, -0.1) is 0 Å². The van der Waals surface area contributed by atoms with Crippen LogP contribution in [0, 0.1) is 41.5 Å². The van der Waals surface area contributed by atoms with Crippen LogP contribution in [0.15, 0.2) is 106 Å². The van der Waals surface area contributed by atoms with Crippen molar-refractivity contribution in [2.45, 2.75) is 65.5 Å². The quantitative estimate of drug-likeness (QED) is 0.136. The molecular weight excluding hydrogens is 775 g/mol. The molecule has 0 aliphatic heterocycles. The van der Waals surface area contributed by atoms with Crippen LogP contribution in [0.25, 0.3) is 45.6 Å². The Bertz CT molecular complexity index is 2200. The topological polar surface area (TPSA) is 26.3 Å². The fourth-order valence-corrected chi connectivity index (χ4v) is 23.8. The second-order valence-electron chi connectivity index (χ2n) is 14.7. The molecule has 0 bridgehead atoms. The van der Waals surface area contributed by atoms with Gasteiger partial charge in [-0.3, -0.25) is 0 Å². The van der Waals surface area contributed by atoms with Gasteiger partial charge in [0, 0.05) is 0 Å². The summed E-state index contributed by atoms with van der Waals surface area (Å²) in [6.07, 6.45) is 4.81. The maximum atomic E-state index is 7.36. The van der Waals surface area contributed by atoms with Crippen LogP contribution >= 0.6 is 17.0 Å². The van der Waals surface area contributed by atoms with E-state index in [4.69, 9.17) is 25.9 Å². The van der Waals surface area contributed by atoms with Gasteiger partial charge in [-0.1, -0.05) is 0 Å². The van der Waals surface area contributed by atoms with Gasteiger partial charge in [-0.2, -0.15) is 0 Å². The second-order valence-corrected chi connectivity index (χ2v) is 38.2.